The van der Waals surface area contributed by atoms with Crippen molar-refractivity contribution < 1.29 is 0 Å². The Hall–Kier alpha value is -2.42. The summed E-state index contributed by atoms with van der Waals surface area (Å²) in [6.07, 6.45) is 0. The Kier molecular flexibility index (Phi) is 7.56. The van der Waals surface area contributed by atoms with Gasteiger partial charge in [0, 0.05) is 17.3 Å². The van der Waals surface area contributed by atoms with E-state index >= 15 is 0 Å². The second kappa shape index (κ2) is 10.7. The van der Waals surface area contributed by atoms with Crippen LogP contribution in [0.2, 0.25) is 0 Å². The van der Waals surface area contributed by atoms with Crippen molar-refractivity contribution in [3.63, 3.8) is 0 Å². The topological polar surface area (TPSA) is 0 Å². The molecule has 0 spiro atoms. The van der Waals surface area contributed by atoms with Gasteiger partial charge in [-0.15, -0.1) is 11.8 Å². The minimum atomic E-state index is -0.214. The summed E-state index contributed by atoms with van der Waals surface area (Å²) in [5.41, 5.74) is 6.73. The van der Waals surface area contributed by atoms with Crippen LogP contribution in [0.1, 0.15) is 27.8 Å². The fraction of sp³-hybridized carbons (Fsp3) is 0.172. The second-order valence-electron chi connectivity index (χ2n) is 7.67. The molecule has 0 heterocycles. The molecule has 0 unspecified atom stereocenters. The van der Waals surface area contributed by atoms with Crippen LogP contribution < -0.4 is 0 Å². The Labute approximate surface area is 195 Å². The summed E-state index contributed by atoms with van der Waals surface area (Å²) in [7, 11) is 0. The number of hydrogen-bond donors (Lipinski definition) is 0. The van der Waals surface area contributed by atoms with Gasteiger partial charge in [-0.2, -0.15) is 11.8 Å². The summed E-state index contributed by atoms with van der Waals surface area (Å²) < 4.78 is -0.214. The third kappa shape index (κ3) is 5.26. The summed E-state index contributed by atoms with van der Waals surface area (Å²) in [4.78, 5) is 0. The van der Waals surface area contributed by atoms with Gasteiger partial charge in [0.1, 0.15) is 0 Å². The van der Waals surface area contributed by atoms with Crippen LogP contribution in [-0.4, -0.2) is 11.5 Å². The molecule has 0 fully saturated rings. The highest BCUT2D eigenvalue weighted by atomic mass is 32.2. The largest absolute Gasteiger partial charge is 0.156 e. The van der Waals surface area contributed by atoms with Crippen LogP contribution in [0, 0.1) is 6.92 Å². The van der Waals surface area contributed by atoms with E-state index in [0.29, 0.717) is 0 Å². The van der Waals surface area contributed by atoms with Crippen LogP contribution >= 0.6 is 23.5 Å². The molecule has 156 valence electrons. The number of benzene rings is 4. The van der Waals surface area contributed by atoms with Gasteiger partial charge < -0.3 is 0 Å². The van der Waals surface area contributed by atoms with Crippen molar-refractivity contribution in [2.24, 2.45) is 0 Å². The molecule has 0 aliphatic carbocycles. The van der Waals surface area contributed by atoms with Crippen LogP contribution in [0.3, 0.4) is 0 Å². The third-order valence-electron chi connectivity index (χ3n) is 5.48. The quantitative estimate of drug-likeness (QED) is 0.191. The highest BCUT2D eigenvalue weighted by Gasteiger charge is 2.36. The molecule has 0 atom stereocenters. The molecule has 0 amide bonds. The Morgan fingerprint density at radius 3 is 1.45 bits per heavy atom. The number of thioether (sulfide) groups is 2. The molecule has 0 saturated carbocycles. The number of rotatable bonds is 9. The predicted octanol–water partition coefficient (Wildman–Crippen LogP) is 7.95. The van der Waals surface area contributed by atoms with E-state index in [0.717, 1.165) is 17.3 Å². The van der Waals surface area contributed by atoms with Gasteiger partial charge in [-0.05, 0) is 29.2 Å². The zero-order valence-corrected chi connectivity index (χ0v) is 19.5. The summed E-state index contributed by atoms with van der Waals surface area (Å²) in [5, 5.41) is 0. The van der Waals surface area contributed by atoms with E-state index in [9.17, 15) is 0 Å². The fourth-order valence-corrected chi connectivity index (χ4v) is 6.49. The van der Waals surface area contributed by atoms with Crippen molar-refractivity contribution in [3.8, 4) is 0 Å². The molecule has 0 nitrogen and oxygen atoms in total. The lowest BCUT2D eigenvalue weighted by Gasteiger charge is -2.35. The fourth-order valence-electron chi connectivity index (χ4n) is 3.90. The first-order chi connectivity index (χ1) is 15.3. The lowest BCUT2D eigenvalue weighted by atomic mass is 9.84. The normalized spacial score (nSPS) is 11.4. The molecule has 0 bridgehead atoms. The van der Waals surface area contributed by atoms with E-state index in [1.54, 1.807) is 0 Å². The summed E-state index contributed by atoms with van der Waals surface area (Å²) in [5.74, 6) is 3.26. The van der Waals surface area contributed by atoms with E-state index in [2.05, 4.69) is 122 Å². The van der Waals surface area contributed by atoms with Crippen molar-refractivity contribution in [1.29, 1.82) is 0 Å². The van der Waals surface area contributed by atoms with Gasteiger partial charge in [-0.3, -0.25) is 0 Å². The lowest BCUT2D eigenvalue weighted by molar-refractivity contribution is 0.895. The third-order valence-corrected chi connectivity index (χ3v) is 8.31. The molecule has 0 radical (unpaired) electrons. The van der Waals surface area contributed by atoms with Gasteiger partial charge in [0.2, 0.25) is 0 Å². The first-order valence-electron chi connectivity index (χ1n) is 10.7. The van der Waals surface area contributed by atoms with Crippen LogP contribution in [0.5, 0.6) is 0 Å². The zero-order chi connectivity index (χ0) is 21.4. The molecule has 0 N–H and O–H groups in total. The smallest absolute Gasteiger partial charge is 0.0907 e. The monoisotopic (exact) mass is 440 g/mol. The molecule has 4 aromatic carbocycles. The zero-order valence-electron chi connectivity index (χ0n) is 17.9. The van der Waals surface area contributed by atoms with Crippen LogP contribution in [-0.2, 0) is 10.5 Å². The second-order valence-corrected chi connectivity index (χ2v) is 10.1. The summed E-state index contributed by atoms with van der Waals surface area (Å²) >= 11 is 4.06. The van der Waals surface area contributed by atoms with E-state index in [4.69, 9.17) is 0 Å². The molecule has 0 aromatic heterocycles. The molecular weight excluding hydrogens is 412 g/mol. The first kappa shape index (κ1) is 21.8. The molecule has 4 aromatic rings. The minimum Gasteiger partial charge on any atom is -0.156 e. The average molecular weight is 441 g/mol. The average Bonchev–Trinajstić information content (AvgIpc) is 2.84. The molecule has 0 saturated heterocycles. The van der Waals surface area contributed by atoms with Crippen LogP contribution in [0.4, 0.5) is 0 Å². The maximum absolute atomic E-state index is 2.27. The van der Waals surface area contributed by atoms with Crippen molar-refractivity contribution in [2.45, 2.75) is 17.4 Å². The molecule has 31 heavy (non-hydrogen) atoms. The Balaban J connectivity index is 1.58. The summed E-state index contributed by atoms with van der Waals surface area (Å²) in [6.45, 7) is 2.14. The molecule has 0 aliphatic rings. The van der Waals surface area contributed by atoms with Crippen LogP contribution in [0.25, 0.3) is 0 Å². The van der Waals surface area contributed by atoms with Crippen molar-refractivity contribution in [2.75, 3.05) is 11.5 Å². The predicted molar refractivity (Wildman–Crippen MR) is 139 cm³/mol. The Morgan fingerprint density at radius 2 is 1.00 bits per heavy atom. The van der Waals surface area contributed by atoms with Gasteiger partial charge >= 0.3 is 0 Å². The molecule has 2 heteroatoms. The van der Waals surface area contributed by atoms with Crippen LogP contribution in [0.15, 0.2) is 115 Å². The van der Waals surface area contributed by atoms with Gasteiger partial charge in [0.25, 0.3) is 0 Å². The van der Waals surface area contributed by atoms with Gasteiger partial charge in [0.05, 0.1) is 4.75 Å². The van der Waals surface area contributed by atoms with Gasteiger partial charge in [-0.25, -0.2) is 0 Å². The Bertz CT molecular complexity index is 946. The minimum absolute atomic E-state index is 0.214. The van der Waals surface area contributed by atoms with E-state index < -0.39 is 0 Å². The van der Waals surface area contributed by atoms with Gasteiger partial charge in [0.15, 0.2) is 0 Å². The first-order valence-corrected chi connectivity index (χ1v) is 12.9. The number of hydrogen-bond acceptors (Lipinski definition) is 2. The standard InChI is InChI=1S/C29H28S2/c1-24-17-19-25(20-18-24)23-30-21-22-31-29(26-11-5-2-6-12-26,27-13-7-3-8-14-27)28-15-9-4-10-16-28/h2-20H,21-23H2,1H3. The maximum atomic E-state index is 2.27. The highest BCUT2D eigenvalue weighted by molar-refractivity contribution is 8.03. The van der Waals surface area contributed by atoms with Crippen molar-refractivity contribution >= 4 is 23.5 Å². The van der Waals surface area contributed by atoms with Crippen molar-refractivity contribution in [1.82, 2.24) is 0 Å². The van der Waals surface area contributed by atoms with Gasteiger partial charge in [-0.1, -0.05) is 121 Å². The maximum Gasteiger partial charge on any atom is 0.0907 e. The summed E-state index contributed by atoms with van der Waals surface area (Å²) in [6, 6.07) is 41.8. The Morgan fingerprint density at radius 1 is 0.548 bits per heavy atom. The molecule has 4 rings (SSSR count). The van der Waals surface area contributed by atoms with E-state index in [-0.39, 0.29) is 4.75 Å². The van der Waals surface area contributed by atoms with Crippen molar-refractivity contribution in [3.05, 3.63) is 143 Å². The SMILES string of the molecule is Cc1ccc(CSCCSC(c2ccccc2)(c2ccccc2)c2ccccc2)cc1. The number of aryl methyl sites for hydroxylation is 1. The molecular formula is C29H28S2. The van der Waals surface area contributed by atoms with E-state index in [1.165, 1.54) is 27.8 Å². The lowest BCUT2D eigenvalue weighted by Crippen LogP contribution is -2.26. The molecule has 0 aliphatic heterocycles. The highest BCUT2D eigenvalue weighted by Crippen LogP contribution is 2.48. The van der Waals surface area contributed by atoms with E-state index in [1.807, 2.05) is 23.5 Å².